The topological polar surface area (TPSA) is 99.1 Å². The molecule has 0 radical (unpaired) electrons. The quantitative estimate of drug-likeness (QED) is 0.673. The summed E-state index contributed by atoms with van der Waals surface area (Å²) in [4.78, 5) is 15.5. The molecule has 2 fully saturated rings. The number of rotatable bonds is 5. The van der Waals surface area contributed by atoms with E-state index < -0.39 is 0 Å². The number of nitrogens with two attached hydrogens (primary N) is 1. The molecule has 1 heterocycles. The molecule has 0 bridgehead atoms. The lowest BCUT2D eigenvalue weighted by atomic mass is 9.83. The second kappa shape index (κ2) is 11.8. The summed E-state index contributed by atoms with van der Waals surface area (Å²) in [5.41, 5.74) is 6.70. The largest absolute Gasteiger partial charge is 0.496 e. The van der Waals surface area contributed by atoms with Gasteiger partial charge in [0.1, 0.15) is 5.75 Å². The molecule has 1 aliphatic heterocycles. The van der Waals surface area contributed by atoms with Crippen molar-refractivity contribution in [3.8, 4) is 5.75 Å². The number of hydrogen-bond acceptors (Lipinski definition) is 4. The van der Waals surface area contributed by atoms with Crippen LogP contribution in [0.2, 0.25) is 5.02 Å². The van der Waals surface area contributed by atoms with E-state index in [1.807, 2.05) is 0 Å². The lowest BCUT2D eigenvalue weighted by Crippen LogP contribution is -2.47. The van der Waals surface area contributed by atoms with Crippen LogP contribution in [-0.2, 0) is 0 Å². The fourth-order valence-corrected chi connectivity index (χ4v) is 4.52. The average molecular weight is 448 g/mol. The molecule has 2 aliphatic rings. The zero-order valence-corrected chi connectivity index (χ0v) is 19.0. The number of piperidine rings is 1. The summed E-state index contributed by atoms with van der Waals surface area (Å²) in [6.45, 7) is 5.78. The van der Waals surface area contributed by atoms with Crippen LogP contribution in [0.25, 0.3) is 0 Å². The molecule has 1 aromatic rings. The Bertz CT molecular complexity index is 667. The molecule has 0 unspecified atom stereocenters. The van der Waals surface area contributed by atoms with Gasteiger partial charge in [-0.3, -0.25) is 4.79 Å². The van der Waals surface area contributed by atoms with E-state index in [-0.39, 0.29) is 29.8 Å². The Morgan fingerprint density at radius 1 is 1.24 bits per heavy atom. The van der Waals surface area contributed by atoms with Crippen molar-refractivity contribution in [2.45, 2.75) is 51.5 Å². The molecule has 1 aliphatic carbocycles. The molecule has 1 amide bonds. The minimum Gasteiger partial charge on any atom is -0.496 e. The minimum absolute atomic E-state index is 0. The first-order chi connectivity index (χ1) is 13.0. The summed E-state index contributed by atoms with van der Waals surface area (Å²) in [5.74, 6) is 1.68. The van der Waals surface area contributed by atoms with Gasteiger partial charge in [-0.25, -0.2) is 0 Å². The molecule has 1 saturated heterocycles. The highest BCUT2D eigenvalue weighted by Crippen LogP contribution is 2.31. The zero-order valence-electron chi connectivity index (χ0n) is 17.4. The number of anilines is 1. The molecule has 3 rings (SSSR count). The molecule has 2 atom stereocenters. The molecule has 166 valence electrons. The number of ether oxygens (including phenoxy) is 1. The fraction of sp³-hybridized carbons (Fsp3) is 0.667. The number of carbonyl (C=O) groups excluding carboxylic acids is 1. The van der Waals surface area contributed by atoms with E-state index in [9.17, 15) is 4.79 Å². The monoisotopic (exact) mass is 447 g/mol. The molecule has 0 aromatic heterocycles. The third-order valence-corrected chi connectivity index (χ3v) is 6.49. The van der Waals surface area contributed by atoms with E-state index in [1.165, 1.54) is 38.8 Å². The number of carbonyl (C=O) groups is 1. The van der Waals surface area contributed by atoms with Crippen LogP contribution in [0.4, 0.5) is 5.69 Å². The van der Waals surface area contributed by atoms with E-state index >= 15 is 0 Å². The van der Waals surface area contributed by atoms with Gasteiger partial charge in [0.25, 0.3) is 5.91 Å². The highest BCUT2D eigenvalue weighted by Gasteiger charge is 2.30. The smallest absolute Gasteiger partial charge is 0.255 e. The Morgan fingerprint density at radius 2 is 1.90 bits per heavy atom. The lowest BCUT2D eigenvalue weighted by Gasteiger charge is -2.38. The van der Waals surface area contributed by atoms with Gasteiger partial charge >= 0.3 is 0 Å². The normalized spacial score (nSPS) is 22.9. The van der Waals surface area contributed by atoms with Crippen molar-refractivity contribution >= 4 is 35.6 Å². The van der Waals surface area contributed by atoms with Crippen LogP contribution in [0.15, 0.2) is 12.1 Å². The average Bonchev–Trinajstić information content (AvgIpc) is 2.66. The van der Waals surface area contributed by atoms with E-state index in [2.05, 4.69) is 17.1 Å². The molecule has 5 N–H and O–H groups in total. The summed E-state index contributed by atoms with van der Waals surface area (Å²) in [7, 11) is 1.54. The van der Waals surface area contributed by atoms with Gasteiger partial charge < -0.3 is 26.2 Å². The van der Waals surface area contributed by atoms with Gasteiger partial charge in [-0.2, -0.15) is 0 Å². The summed E-state index contributed by atoms with van der Waals surface area (Å²) in [6, 6.07) is 3.42. The van der Waals surface area contributed by atoms with Gasteiger partial charge in [-0.1, -0.05) is 31.4 Å². The van der Waals surface area contributed by atoms with Crippen molar-refractivity contribution < 1.29 is 15.0 Å². The molecule has 29 heavy (non-hydrogen) atoms. The Balaban J connectivity index is 0.00000210. The zero-order chi connectivity index (χ0) is 19.4. The maximum Gasteiger partial charge on any atom is 0.255 e. The van der Waals surface area contributed by atoms with Gasteiger partial charge in [-0.15, -0.1) is 12.4 Å². The first-order valence-electron chi connectivity index (χ1n) is 10.1. The number of benzene rings is 1. The molecular weight excluding hydrogens is 413 g/mol. The van der Waals surface area contributed by atoms with Crippen LogP contribution >= 0.6 is 24.0 Å². The van der Waals surface area contributed by atoms with Crippen LogP contribution in [0, 0.1) is 11.8 Å². The van der Waals surface area contributed by atoms with Crippen LogP contribution in [0.1, 0.15) is 55.8 Å². The summed E-state index contributed by atoms with van der Waals surface area (Å²) < 4.78 is 5.34. The van der Waals surface area contributed by atoms with Crippen molar-refractivity contribution in [2.75, 3.05) is 32.5 Å². The summed E-state index contributed by atoms with van der Waals surface area (Å²) >= 11 is 6.13. The number of amides is 1. The number of methoxy groups -OCH3 is 1. The second-order valence-electron chi connectivity index (χ2n) is 8.18. The van der Waals surface area contributed by atoms with E-state index in [1.54, 1.807) is 19.2 Å². The molecule has 0 spiro atoms. The van der Waals surface area contributed by atoms with Crippen LogP contribution in [-0.4, -0.2) is 49.1 Å². The van der Waals surface area contributed by atoms with Gasteiger partial charge in [0, 0.05) is 18.7 Å². The Labute approximate surface area is 185 Å². The predicted octanol–water partition coefficient (Wildman–Crippen LogP) is 3.55. The van der Waals surface area contributed by atoms with Crippen molar-refractivity contribution in [3.63, 3.8) is 0 Å². The van der Waals surface area contributed by atoms with Crippen molar-refractivity contribution in [1.82, 2.24) is 10.2 Å². The predicted molar refractivity (Wildman–Crippen MR) is 121 cm³/mol. The van der Waals surface area contributed by atoms with Gasteiger partial charge in [0.05, 0.1) is 23.4 Å². The maximum atomic E-state index is 12.9. The number of hydrogen-bond donors (Lipinski definition) is 2. The highest BCUT2D eigenvalue weighted by atomic mass is 35.5. The first kappa shape index (κ1) is 25.8. The molecule has 1 saturated carbocycles. The van der Waals surface area contributed by atoms with Crippen LogP contribution in [0.5, 0.6) is 5.75 Å². The standard InChI is InChI=1S/C21H32ClN3O2.ClH.H2O/c1-14-7-9-25(10-8-14)13-15-5-3-4-6-19(15)24-21(26)16-11-17(22)18(23)12-20(16)27-2;;/h11-12,14-15,19H,3-10,13,23H2,1-2H3,(H,24,26);1H;1H2/t15-,19-;;/m1../s1. The molecule has 1 aromatic carbocycles. The van der Waals surface area contributed by atoms with Crippen LogP contribution < -0.4 is 15.8 Å². The molecule has 8 heteroatoms. The first-order valence-corrected chi connectivity index (χ1v) is 10.5. The Hall–Kier alpha value is -1.21. The molecular formula is C21H35Cl2N3O3. The Kier molecular flexibility index (Phi) is 10.5. The summed E-state index contributed by atoms with van der Waals surface area (Å²) in [5, 5.41) is 3.64. The SMILES string of the molecule is COc1cc(N)c(Cl)cc1C(=O)N[C@@H]1CCCC[C@@H]1CN1CCC(C)CC1.Cl.O. The maximum absolute atomic E-state index is 12.9. The number of likely N-dealkylation sites (tertiary alicyclic amines) is 1. The van der Waals surface area contributed by atoms with Crippen molar-refractivity contribution in [1.29, 1.82) is 0 Å². The van der Waals surface area contributed by atoms with Crippen LogP contribution in [0.3, 0.4) is 0 Å². The van der Waals surface area contributed by atoms with E-state index in [0.717, 1.165) is 25.3 Å². The minimum atomic E-state index is -0.127. The fourth-order valence-electron chi connectivity index (χ4n) is 4.35. The Morgan fingerprint density at radius 3 is 2.55 bits per heavy atom. The van der Waals surface area contributed by atoms with Crippen molar-refractivity contribution in [2.24, 2.45) is 11.8 Å². The van der Waals surface area contributed by atoms with Crippen molar-refractivity contribution in [3.05, 3.63) is 22.7 Å². The molecule has 6 nitrogen and oxygen atoms in total. The van der Waals surface area contributed by atoms with Gasteiger partial charge in [0.15, 0.2) is 0 Å². The van der Waals surface area contributed by atoms with Gasteiger partial charge in [0.2, 0.25) is 0 Å². The number of nitrogens with zero attached hydrogens (tertiary/aromatic N) is 1. The second-order valence-corrected chi connectivity index (χ2v) is 8.59. The highest BCUT2D eigenvalue weighted by molar-refractivity contribution is 6.33. The summed E-state index contributed by atoms with van der Waals surface area (Å²) in [6.07, 6.45) is 7.19. The number of halogens is 2. The third kappa shape index (κ3) is 6.64. The van der Waals surface area contributed by atoms with Gasteiger partial charge in [-0.05, 0) is 56.7 Å². The third-order valence-electron chi connectivity index (χ3n) is 6.16. The van der Waals surface area contributed by atoms with E-state index in [4.69, 9.17) is 22.1 Å². The number of nitrogen functional groups attached to an aromatic ring is 1. The number of nitrogens with one attached hydrogen (secondary N) is 1. The van der Waals surface area contributed by atoms with E-state index in [0.29, 0.717) is 27.9 Å². The lowest BCUT2D eigenvalue weighted by molar-refractivity contribution is 0.0865.